The van der Waals surface area contributed by atoms with Gasteiger partial charge in [-0.2, -0.15) is 0 Å². The molecule has 1 aromatic heterocycles. The summed E-state index contributed by atoms with van der Waals surface area (Å²) in [5, 5.41) is 3.12. The number of aromatic nitrogens is 2. The Hall–Kier alpha value is -2.17. The number of benzene rings is 1. The largest absolute Gasteiger partial charge is 0.373 e. The first-order chi connectivity index (χ1) is 10.1. The first-order valence-corrected chi connectivity index (χ1v) is 7.14. The zero-order valence-corrected chi connectivity index (χ0v) is 12.9. The lowest BCUT2D eigenvalue weighted by Gasteiger charge is -2.26. The van der Waals surface area contributed by atoms with Crippen LogP contribution in [0.2, 0.25) is 0 Å². The standard InChI is InChI=1S/C16H21FN4/c1-5-21(13-8-6-12(17)7-9-13)16-14(11(2)3)15(18-4)19-10-20-16/h6-11H,5H2,1-4H3,(H,18,19,20). The van der Waals surface area contributed by atoms with E-state index in [9.17, 15) is 4.39 Å². The van der Waals surface area contributed by atoms with Crippen LogP contribution in [0.4, 0.5) is 21.7 Å². The van der Waals surface area contributed by atoms with Crippen LogP contribution in [-0.4, -0.2) is 23.6 Å². The third-order valence-electron chi connectivity index (χ3n) is 3.39. The summed E-state index contributed by atoms with van der Waals surface area (Å²) in [5.41, 5.74) is 1.98. The second-order valence-corrected chi connectivity index (χ2v) is 5.08. The molecule has 112 valence electrons. The van der Waals surface area contributed by atoms with Crippen molar-refractivity contribution in [3.8, 4) is 0 Å². The molecule has 2 rings (SSSR count). The van der Waals surface area contributed by atoms with Crippen LogP contribution in [-0.2, 0) is 0 Å². The SMILES string of the molecule is CCN(c1ccc(F)cc1)c1ncnc(NC)c1C(C)C. The highest BCUT2D eigenvalue weighted by Crippen LogP contribution is 2.34. The van der Waals surface area contributed by atoms with Crippen molar-refractivity contribution in [3.05, 3.63) is 42.0 Å². The van der Waals surface area contributed by atoms with Gasteiger partial charge in [0.05, 0.1) is 0 Å². The Balaban J connectivity index is 2.54. The van der Waals surface area contributed by atoms with Crippen molar-refractivity contribution in [2.24, 2.45) is 0 Å². The fraction of sp³-hybridized carbons (Fsp3) is 0.375. The lowest BCUT2D eigenvalue weighted by atomic mass is 10.0. The molecule has 0 bridgehead atoms. The van der Waals surface area contributed by atoms with Crippen molar-refractivity contribution < 1.29 is 4.39 Å². The molecular formula is C16H21FN4. The van der Waals surface area contributed by atoms with Crippen molar-refractivity contribution in [3.63, 3.8) is 0 Å². The lowest BCUT2D eigenvalue weighted by molar-refractivity contribution is 0.627. The van der Waals surface area contributed by atoms with Crippen LogP contribution in [0.25, 0.3) is 0 Å². The van der Waals surface area contributed by atoms with Crippen LogP contribution >= 0.6 is 0 Å². The number of halogens is 1. The van der Waals surface area contributed by atoms with E-state index in [4.69, 9.17) is 0 Å². The Labute approximate surface area is 125 Å². The Bertz CT molecular complexity index is 596. The van der Waals surface area contributed by atoms with Gasteiger partial charge in [0.25, 0.3) is 0 Å². The molecule has 1 heterocycles. The zero-order valence-electron chi connectivity index (χ0n) is 12.9. The molecule has 0 radical (unpaired) electrons. The molecule has 0 spiro atoms. The molecule has 4 nitrogen and oxygen atoms in total. The van der Waals surface area contributed by atoms with Gasteiger partial charge in [-0.15, -0.1) is 0 Å². The molecule has 0 fully saturated rings. The topological polar surface area (TPSA) is 41.1 Å². The van der Waals surface area contributed by atoms with Gasteiger partial charge in [-0.3, -0.25) is 0 Å². The summed E-state index contributed by atoms with van der Waals surface area (Å²) in [4.78, 5) is 10.8. The van der Waals surface area contributed by atoms with E-state index >= 15 is 0 Å². The third-order valence-corrected chi connectivity index (χ3v) is 3.39. The van der Waals surface area contributed by atoms with Crippen LogP contribution in [0.1, 0.15) is 32.3 Å². The van der Waals surface area contributed by atoms with E-state index in [0.717, 1.165) is 29.4 Å². The Kier molecular flexibility index (Phi) is 4.73. The molecule has 0 saturated heterocycles. The highest BCUT2D eigenvalue weighted by atomic mass is 19.1. The first kappa shape index (κ1) is 15.2. The quantitative estimate of drug-likeness (QED) is 0.904. The van der Waals surface area contributed by atoms with E-state index in [1.165, 1.54) is 12.1 Å². The maximum Gasteiger partial charge on any atom is 0.142 e. The van der Waals surface area contributed by atoms with Crippen molar-refractivity contribution in [1.82, 2.24) is 9.97 Å². The number of hydrogen-bond donors (Lipinski definition) is 1. The summed E-state index contributed by atoms with van der Waals surface area (Å²) in [6, 6.07) is 6.47. The normalized spacial score (nSPS) is 10.8. The van der Waals surface area contributed by atoms with E-state index < -0.39 is 0 Å². The van der Waals surface area contributed by atoms with Crippen molar-refractivity contribution >= 4 is 17.3 Å². The zero-order chi connectivity index (χ0) is 15.4. The molecule has 21 heavy (non-hydrogen) atoms. The van der Waals surface area contributed by atoms with Gasteiger partial charge < -0.3 is 10.2 Å². The Morgan fingerprint density at radius 1 is 1.19 bits per heavy atom. The number of anilines is 3. The molecular weight excluding hydrogens is 267 g/mol. The van der Waals surface area contributed by atoms with Gasteiger partial charge in [0.2, 0.25) is 0 Å². The highest BCUT2D eigenvalue weighted by molar-refractivity contribution is 5.68. The number of rotatable bonds is 5. The summed E-state index contributed by atoms with van der Waals surface area (Å²) in [5.74, 6) is 1.73. The van der Waals surface area contributed by atoms with Crippen molar-refractivity contribution in [2.75, 3.05) is 23.8 Å². The summed E-state index contributed by atoms with van der Waals surface area (Å²) in [7, 11) is 1.85. The van der Waals surface area contributed by atoms with E-state index in [1.807, 2.05) is 7.05 Å². The molecule has 2 aromatic rings. The minimum atomic E-state index is -0.238. The summed E-state index contributed by atoms with van der Waals surface area (Å²) < 4.78 is 13.1. The van der Waals surface area contributed by atoms with Crippen LogP contribution in [0.15, 0.2) is 30.6 Å². The van der Waals surface area contributed by atoms with Crippen LogP contribution < -0.4 is 10.2 Å². The molecule has 1 N–H and O–H groups in total. The third kappa shape index (κ3) is 3.12. The fourth-order valence-corrected chi connectivity index (χ4v) is 2.41. The van der Waals surface area contributed by atoms with Crippen molar-refractivity contribution in [2.45, 2.75) is 26.7 Å². The molecule has 5 heteroatoms. The summed E-state index contributed by atoms with van der Waals surface area (Å²) in [6.07, 6.45) is 1.55. The minimum Gasteiger partial charge on any atom is -0.373 e. The smallest absolute Gasteiger partial charge is 0.142 e. The Morgan fingerprint density at radius 3 is 2.38 bits per heavy atom. The second-order valence-electron chi connectivity index (χ2n) is 5.08. The lowest BCUT2D eigenvalue weighted by Crippen LogP contribution is -2.20. The average molecular weight is 288 g/mol. The number of nitrogens with one attached hydrogen (secondary N) is 1. The summed E-state index contributed by atoms with van der Waals surface area (Å²) in [6.45, 7) is 7.02. The highest BCUT2D eigenvalue weighted by Gasteiger charge is 2.19. The molecule has 1 aromatic carbocycles. The maximum atomic E-state index is 13.1. The molecule has 0 atom stereocenters. The molecule has 0 saturated carbocycles. The van der Waals surface area contributed by atoms with Crippen LogP contribution in [0, 0.1) is 5.82 Å². The first-order valence-electron chi connectivity index (χ1n) is 7.14. The molecule has 0 aliphatic carbocycles. The second kappa shape index (κ2) is 6.52. The molecule has 0 unspecified atom stereocenters. The maximum absolute atomic E-state index is 13.1. The van der Waals surface area contributed by atoms with Gasteiger partial charge in [0, 0.05) is 24.8 Å². The number of nitrogens with zero attached hydrogens (tertiary/aromatic N) is 3. The van der Waals surface area contributed by atoms with Gasteiger partial charge in [-0.1, -0.05) is 13.8 Å². The number of hydrogen-bond acceptors (Lipinski definition) is 4. The minimum absolute atomic E-state index is 0.238. The van der Waals surface area contributed by atoms with E-state index in [2.05, 4.69) is 41.0 Å². The monoisotopic (exact) mass is 288 g/mol. The predicted octanol–water partition coefficient (Wildman–Crippen LogP) is 3.94. The van der Waals surface area contributed by atoms with Crippen molar-refractivity contribution in [1.29, 1.82) is 0 Å². The van der Waals surface area contributed by atoms with Crippen LogP contribution in [0.5, 0.6) is 0 Å². The van der Waals surface area contributed by atoms with E-state index in [0.29, 0.717) is 0 Å². The molecule has 0 aliphatic heterocycles. The van der Waals surface area contributed by atoms with Gasteiger partial charge in [-0.25, -0.2) is 14.4 Å². The Morgan fingerprint density at radius 2 is 1.86 bits per heavy atom. The van der Waals surface area contributed by atoms with Crippen LogP contribution in [0.3, 0.4) is 0 Å². The van der Waals surface area contributed by atoms with Gasteiger partial charge in [-0.05, 0) is 37.1 Å². The van der Waals surface area contributed by atoms with Gasteiger partial charge >= 0.3 is 0 Å². The molecule has 0 amide bonds. The predicted molar refractivity (Wildman–Crippen MR) is 84.7 cm³/mol. The summed E-state index contributed by atoms with van der Waals surface area (Å²) >= 11 is 0. The van der Waals surface area contributed by atoms with E-state index in [1.54, 1.807) is 18.5 Å². The van der Waals surface area contributed by atoms with E-state index in [-0.39, 0.29) is 11.7 Å². The van der Waals surface area contributed by atoms with Gasteiger partial charge in [0.15, 0.2) is 0 Å². The van der Waals surface area contributed by atoms with Gasteiger partial charge in [0.1, 0.15) is 23.8 Å². The average Bonchev–Trinajstić information content (AvgIpc) is 2.49. The fourth-order valence-electron chi connectivity index (χ4n) is 2.41. The molecule has 0 aliphatic rings.